The number of carbonyl (C=O) groups excluding carboxylic acids is 1. The molecule has 1 aliphatic heterocycles. The minimum Gasteiger partial charge on any atom is -0.469 e. The lowest BCUT2D eigenvalue weighted by Crippen LogP contribution is -2.30. The number of esters is 1. The van der Waals surface area contributed by atoms with Crippen LogP contribution in [0.15, 0.2) is 0 Å². The van der Waals surface area contributed by atoms with E-state index in [0.29, 0.717) is 18.9 Å². The fourth-order valence-corrected chi connectivity index (χ4v) is 1.93. The predicted molar refractivity (Wildman–Crippen MR) is 52.7 cm³/mol. The van der Waals surface area contributed by atoms with Gasteiger partial charge < -0.3 is 15.2 Å². The van der Waals surface area contributed by atoms with Crippen LogP contribution in [-0.2, 0) is 14.3 Å². The van der Waals surface area contributed by atoms with Gasteiger partial charge in [0.05, 0.1) is 7.11 Å². The second kappa shape index (κ2) is 5.98. The van der Waals surface area contributed by atoms with Crippen LogP contribution >= 0.6 is 0 Å². The van der Waals surface area contributed by atoms with Crippen molar-refractivity contribution in [2.24, 2.45) is 17.6 Å². The maximum absolute atomic E-state index is 11.1. The highest BCUT2D eigenvalue weighted by molar-refractivity contribution is 5.69. The summed E-state index contributed by atoms with van der Waals surface area (Å²) >= 11 is 0. The van der Waals surface area contributed by atoms with E-state index in [1.807, 2.05) is 0 Å². The van der Waals surface area contributed by atoms with Crippen LogP contribution in [0.25, 0.3) is 0 Å². The number of methoxy groups -OCH3 is 1. The smallest absolute Gasteiger partial charge is 0.305 e. The second-order valence-electron chi connectivity index (χ2n) is 3.73. The van der Waals surface area contributed by atoms with Crippen LogP contribution < -0.4 is 5.73 Å². The molecule has 4 heteroatoms. The molecule has 0 radical (unpaired) electrons. The molecule has 0 spiro atoms. The predicted octanol–water partition coefficient (Wildman–Crippen LogP) is 0.551. The lowest BCUT2D eigenvalue weighted by Gasteiger charge is -2.28. The number of nitrogens with two attached hydrogens (primary N) is 1. The Morgan fingerprint density at radius 2 is 2.21 bits per heavy atom. The zero-order valence-electron chi connectivity index (χ0n) is 8.70. The Balaban J connectivity index is 2.39. The summed E-state index contributed by atoms with van der Waals surface area (Å²) in [6.45, 7) is 2.14. The van der Waals surface area contributed by atoms with E-state index in [-0.39, 0.29) is 11.9 Å². The summed E-state index contributed by atoms with van der Waals surface area (Å²) in [7, 11) is 1.42. The molecule has 1 atom stereocenters. The Kier molecular flexibility index (Phi) is 4.90. The molecule has 0 saturated carbocycles. The SMILES string of the molecule is COC(=O)CC(CN)C1CCOCC1. The Labute approximate surface area is 84.7 Å². The van der Waals surface area contributed by atoms with E-state index in [0.717, 1.165) is 26.1 Å². The first-order valence-electron chi connectivity index (χ1n) is 5.12. The molecule has 1 aliphatic rings. The molecule has 1 unspecified atom stereocenters. The topological polar surface area (TPSA) is 61.5 Å². The fraction of sp³-hybridized carbons (Fsp3) is 0.900. The first-order valence-corrected chi connectivity index (χ1v) is 5.12. The van der Waals surface area contributed by atoms with Gasteiger partial charge in [-0.2, -0.15) is 0 Å². The normalized spacial score (nSPS) is 20.4. The number of hydrogen-bond donors (Lipinski definition) is 1. The molecule has 82 valence electrons. The van der Waals surface area contributed by atoms with E-state index < -0.39 is 0 Å². The zero-order valence-corrected chi connectivity index (χ0v) is 8.70. The van der Waals surface area contributed by atoms with Crippen LogP contribution in [0.4, 0.5) is 0 Å². The molecule has 0 aliphatic carbocycles. The van der Waals surface area contributed by atoms with Crippen molar-refractivity contribution in [1.82, 2.24) is 0 Å². The quantitative estimate of drug-likeness (QED) is 0.675. The summed E-state index contributed by atoms with van der Waals surface area (Å²) in [5, 5.41) is 0. The third-order valence-corrected chi connectivity index (χ3v) is 2.89. The van der Waals surface area contributed by atoms with E-state index in [4.69, 9.17) is 10.5 Å². The van der Waals surface area contributed by atoms with Gasteiger partial charge in [0.15, 0.2) is 0 Å². The van der Waals surface area contributed by atoms with E-state index in [2.05, 4.69) is 4.74 Å². The zero-order chi connectivity index (χ0) is 10.4. The Morgan fingerprint density at radius 3 is 2.71 bits per heavy atom. The monoisotopic (exact) mass is 201 g/mol. The fourth-order valence-electron chi connectivity index (χ4n) is 1.93. The third-order valence-electron chi connectivity index (χ3n) is 2.89. The lowest BCUT2D eigenvalue weighted by atomic mass is 9.84. The Morgan fingerprint density at radius 1 is 1.57 bits per heavy atom. The van der Waals surface area contributed by atoms with Gasteiger partial charge in [-0.3, -0.25) is 4.79 Å². The lowest BCUT2D eigenvalue weighted by molar-refractivity contribution is -0.142. The molecular weight excluding hydrogens is 182 g/mol. The van der Waals surface area contributed by atoms with Gasteiger partial charge in [0, 0.05) is 19.6 Å². The maximum atomic E-state index is 11.1. The molecule has 2 N–H and O–H groups in total. The van der Waals surface area contributed by atoms with Crippen molar-refractivity contribution in [3.63, 3.8) is 0 Å². The van der Waals surface area contributed by atoms with Crippen molar-refractivity contribution in [2.45, 2.75) is 19.3 Å². The average Bonchev–Trinajstić information content (AvgIpc) is 2.26. The third kappa shape index (κ3) is 3.27. The van der Waals surface area contributed by atoms with Gasteiger partial charge in [0.2, 0.25) is 0 Å². The summed E-state index contributed by atoms with van der Waals surface area (Å²) < 4.78 is 9.92. The van der Waals surface area contributed by atoms with Crippen LogP contribution in [0.2, 0.25) is 0 Å². The van der Waals surface area contributed by atoms with Crippen LogP contribution in [0, 0.1) is 11.8 Å². The molecule has 4 nitrogen and oxygen atoms in total. The van der Waals surface area contributed by atoms with Crippen molar-refractivity contribution in [3.8, 4) is 0 Å². The minimum absolute atomic E-state index is 0.160. The van der Waals surface area contributed by atoms with Crippen molar-refractivity contribution in [1.29, 1.82) is 0 Å². The second-order valence-corrected chi connectivity index (χ2v) is 3.73. The van der Waals surface area contributed by atoms with E-state index in [1.165, 1.54) is 7.11 Å². The summed E-state index contributed by atoms with van der Waals surface area (Å²) in [4.78, 5) is 11.1. The Bertz CT molecular complexity index is 178. The number of carbonyl (C=O) groups is 1. The number of ether oxygens (including phenoxy) is 2. The highest BCUT2D eigenvalue weighted by atomic mass is 16.5. The van der Waals surface area contributed by atoms with Gasteiger partial charge >= 0.3 is 5.97 Å². The van der Waals surface area contributed by atoms with Gasteiger partial charge in [0.1, 0.15) is 0 Å². The molecule has 0 amide bonds. The van der Waals surface area contributed by atoms with E-state index in [9.17, 15) is 4.79 Å². The van der Waals surface area contributed by atoms with Gasteiger partial charge in [-0.05, 0) is 31.2 Å². The molecule has 14 heavy (non-hydrogen) atoms. The van der Waals surface area contributed by atoms with E-state index in [1.54, 1.807) is 0 Å². The summed E-state index contributed by atoms with van der Waals surface area (Å²) in [5.41, 5.74) is 5.66. The number of hydrogen-bond acceptors (Lipinski definition) is 4. The van der Waals surface area contributed by atoms with Gasteiger partial charge in [-0.15, -0.1) is 0 Å². The standard InChI is InChI=1S/C10H19NO3/c1-13-10(12)6-9(7-11)8-2-4-14-5-3-8/h8-9H,2-7,11H2,1H3. The molecule has 1 rings (SSSR count). The molecule has 1 fully saturated rings. The van der Waals surface area contributed by atoms with Crippen LogP contribution in [-0.4, -0.2) is 32.8 Å². The van der Waals surface area contributed by atoms with Crippen LogP contribution in [0.5, 0.6) is 0 Å². The largest absolute Gasteiger partial charge is 0.469 e. The van der Waals surface area contributed by atoms with Crippen molar-refractivity contribution >= 4 is 5.97 Å². The molecular formula is C10H19NO3. The first-order chi connectivity index (χ1) is 6.77. The first kappa shape index (κ1) is 11.5. The average molecular weight is 201 g/mol. The Hall–Kier alpha value is -0.610. The van der Waals surface area contributed by atoms with Gasteiger partial charge in [-0.25, -0.2) is 0 Å². The molecule has 0 bridgehead atoms. The van der Waals surface area contributed by atoms with E-state index >= 15 is 0 Å². The minimum atomic E-state index is -0.160. The summed E-state index contributed by atoms with van der Waals surface area (Å²) in [6.07, 6.45) is 2.47. The molecule has 0 aromatic heterocycles. The van der Waals surface area contributed by atoms with Crippen molar-refractivity contribution in [3.05, 3.63) is 0 Å². The molecule has 0 aromatic carbocycles. The van der Waals surface area contributed by atoms with Gasteiger partial charge in [0.25, 0.3) is 0 Å². The highest BCUT2D eigenvalue weighted by Gasteiger charge is 2.25. The van der Waals surface area contributed by atoms with Gasteiger partial charge in [-0.1, -0.05) is 0 Å². The van der Waals surface area contributed by atoms with Crippen molar-refractivity contribution < 1.29 is 14.3 Å². The van der Waals surface area contributed by atoms with Crippen LogP contribution in [0.3, 0.4) is 0 Å². The molecule has 1 heterocycles. The maximum Gasteiger partial charge on any atom is 0.305 e. The highest BCUT2D eigenvalue weighted by Crippen LogP contribution is 2.25. The molecule has 0 aromatic rings. The van der Waals surface area contributed by atoms with Crippen molar-refractivity contribution in [2.75, 3.05) is 26.9 Å². The summed E-state index contributed by atoms with van der Waals surface area (Å²) in [5.74, 6) is 0.617. The van der Waals surface area contributed by atoms with Crippen LogP contribution in [0.1, 0.15) is 19.3 Å². The molecule has 1 saturated heterocycles. The number of rotatable bonds is 4. The summed E-state index contributed by atoms with van der Waals surface area (Å²) in [6, 6.07) is 0.